The van der Waals surface area contributed by atoms with Crippen molar-refractivity contribution in [1.82, 2.24) is 5.09 Å². The Morgan fingerprint density at radius 3 is 2.20 bits per heavy atom. The number of hydrogen-bond donors (Lipinski definition) is 1. The van der Waals surface area contributed by atoms with Gasteiger partial charge in [-0.1, -0.05) is 0 Å². The van der Waals surface area contributed by atoms with Gasteiger partial charge in [0.25, 0.3) is 22.0 Å². The molecule has 0 radical (unpaired) electrons. The van der Waals surface area contributed by atoms with E-state index in [0.29, 0.717) is 0 Å². The predicted molar refractivity (Wildman–Crippen MR) is 37.4 cm³/mol. The maximum absolute atomic E-state index is 4.72. The highest BCUT2D eigenvalue weighted by Crippen LogP contribution is 2.23. The van der Waals surface area contributed by atoms with Crippen molar-refractivity contribution in [1.29, 1.82) is 0 Å². The van der Waals surface area contributed by atoms with Crippen LogP contribution in [0.2, 0.25) is 0 Å². The third kappa shape index (κ3) is 5.21. The van der Waals surface area contributed by atoms with Gasteiger partial charge in [0.2, 0.25) is 0 Å². The summed E-state index contributed by atoms with van der Waals surface area (Å²) in [5.74, 6) is 0. The van der Waals surface area contributed by atoms with Gasteiger partial charge in [-0.05, 0) is 0 Å². The summed E-state index contributed by atoms with van der Waals surface area (Å²) in [6.45, 7) is 0. The summed E-state index contributed by atoms with van der Waals surface area (Å²) >= 11 is 6.90. The average Bonchev–Trinajstić information content (AvgIpc) is 1.38. The molecule has 0 bridgehead atoms. The first-order chi connectivity index (χ1) is 2.27. The molecule has 0 saturated heterocycles. The van der Waals surface area contributed by atoms with Crippen molar-refractivity contribution in [3.05, 3.63) is 0 Å². The molecule has 0 aromatic heterocycles. The molecule has 0 aliphatic heterocycles. The first-order valence-electron chi connectivity index (χ1n) is 1.08. The molecule has 0 rings (SSSR count). The van der Waals surface area contributed by atoms with Crippen LogP contribution in [-0.2, 0) is 11.8 Å². The summed E-state index contributed by atoms with van der Waals surface area (Å²) in [4.78, 5) is 0. The second-order valence-corrected chi connectivity index (χ2v) is 7.36. The van der Waals surface area contributed by atoms with Gasteiger partial charge in [-0.15, -0.1) is 5.09 Å². The third-order valence-corrected chi connectivity index (χ3v) is 2.52. The Morgan fingerprint density at radius 2 is 2.20 bits per heavy atom. The van der Waals surface area contributed by atoms with E-state index < -0.39 is 0 Å². The molecule has 0 aromatic rings. The predicted octanol–water partition coefficient (Wildman–Crippen LogP) is 1.41. The molecule has 0 aliphatic rings. The lowest BCUT2D eigenvalue weighted by Crippen LogP contribution is -1.82. The fourth-order valence-corrected chi connectivity index (χ4v) is 0. The van der Waals surface area contributed by atoms with Gasteiger partial charge in [0.1, 0.15) is 0 Å². The summed E-state index contributed by atoms with van der Waals surface area (Å²) in [6.07, 6.45) is 0. The molecule has 0 fully saturated rings. The van der Waals surface area contributed by atoms with Crippen LogP contribution in [0.1, 0.15) is 0 Å². The second-order valence-electron chi connectivity index (χ2n) is 0.468. The molecule has 0 amide bonds. The third-order valence-electron chi connectivity index (χ3n) is 0.176. The van der Waals surface area contributed by atoms with E-state index in [-0.39, 0.29) is 4.49 Å². The molecule has 5 heavy (non-hydrogen) atoms. The fraction of sp³-hybridized carbons (Fsp3) is 1.00. The second kappa shape index (κ2) is 3.40. The van der Waals surface area contributed by atoms with E-state index in [1.165, 1.54) is 0 Å². The zero-order valence-corrected chi connectivity index (χ0v) is 6.60. The van der Waals surface area contributed by atoms with Crippen molar-refractivity contribution in [2.75, 3.05) is 7.05 Å². The minimum atomic E-state index is -0.295. The van der Waals surface area contributed by atoms with E-state index in [2.05, 4.69) is 27.1 Å². The summed E-state index contributed by atoms with van der Waals surface area (Å²) in [5, 5.41) is 2.89. The first kappa shape index (κ1) is 6.21. The minimum Gasteiger partial charge on any atom is -0.129 e. The van der Waals surface area contributed by atoms with E-state index in [0.717, 1.165) is 0 Å². The number of rotatable bonds is 1. The van der Waals surface area contributed by atoms with Crippen LogP contribution in [0.3, 0.4) is 0 Å². The van der Waals surface area contributed by atoms with Gasteiger partial charge in [-0.3, -0.25) is 0 Å². The van der Waals surface area contributed by atoms with E-state index in [1.807, 2.05) is 7.05 Å². The molecule has 1 unspecified atom stereocenters. The zero-order valence-electron chi connectivity index (χ0n) is 2.73. The van der Waals surface area contributed by atoms with Crippen LogP contribution in [-0.4, -0.2) is 7.05 Å². The number of hydrogen-bond acceptors (Lipinski definition) is 1. The van der Waals surface area contributed by atoms with Gasteiger partial charge in [-0.2, -0.15) is 0 Å². The maximum atomic E-state index is 4.72. The van der Waals surface area contributed by atoms with E-state index >= 15 is 0 Å². The SMILES string of the molecule is CN[P+](=S)I. The fourth-order valence-electron chi connectivity index (χ4n) is 0. The largest absolute Gasteiger partial charge is 0.332 e. The highest BCUT2D eigenvalue weighted by molar-refractivity contribution is 14.2. The van der Waals surface area contributed by atoms with Gasteiger partial charge in [0.15, 0.2) is 11.8 Å². The van der Waals surface area contributed by atoms with E-state index in [9.17, 15) is 0 Å². The van der Waals surface area contributed by atoms with Gasteiger partial charge in [-0.25, -0.2) is 0 Å². The highest BCUT2D eigenvalue weighted by Gasteiger charge is 1.90. The molecule has 1 atom stereocenters. The van der Waals surface area contributed by atoms with Gasteiger partial charge in [0.05, 0.1) is 0 Å². The summed E-state index contributed by atoms with van der Waals surface area (Å²) in [6, 6.07) is 0. The van der Waals surface area contributed by atoms with Gasteiger partial charge < -0.3 is 0 Å². The molecule has 0 saturated carbocycles. The topological polar surface area (TPSA) is 12.0 Å². The Labute approximate surface area is 50.5 Å². The van der Waals surface area contributed by atoms with Crippen molar-refractivity contribution >= 4 is 38.3 Å². The molecule has 4 heteroatoms. The molecule has 1 N–H and O–H groups in total. The van der Waals surface area contributed by atoms with Crippen molar-refractivity contribution in [3.8, 4) is 0 Å². The lowest BCUT2D eigenvalue weighted by molar-refractivity contribution is 1.30. The van der Waals surface area contributed by atoms with Crippen LogP contribution in [0.15, 0.2) is 0 Å². The molecular weight excluding hydrogens is 216 g/mol. The van der Waals surface area contributed by atoms with Crippen LogP contribution in [0, 0.1) is 0 Å². The van der Waals surface area contributed by atoms with Crippen molar-refractivity contribution < 1.29 is 0 Å². The zero-order chi connectivity index (χ0) is 4.28. The van der Waals surface area contributed by atoms with Crippen LogP contribution in [0.4, 0.5) is 0 Å². The number of halogens is 1. The molecule has 1 nitrogen and oxygen atoms in total. The molecule has 30 valence electrons. The quantitative estimate of drug-likeness (QED) is 0.529. The summed E-state index contributed by atoms with van der Waals surface area (Å²) in [7, 11) is 1.87. The Bertz CT molecular complexity index is 46.9. The lowest BCUT2D eigenvalue weighted by Gasteiger charge is -1.61. The van der Waals surface area contributed by atoms with Crippen LogP contribution in [0.5, 0.6) is 0 Å². The Morgan fingerprint density at radius 1 is 2.00 bits per heavy atom. The molecular formula is CH4INPS+. The normalized spacial score (nSPS) is 11.2. The van der Waals surface area contributed by atoms with Crippen molar-refractivity contribution in [2.24, 2.45) is 0 Å². The van der Waals surface area contributed by atoms with Crippen LogP contribution >= 0.6 is 26.5 Å². The number of nitrogens with one attached hydrogen (secondary N) is 1. The molecule has 0 aliphatic carbocycles. The molecule has 0 heterocycles. The standard InChI is InChI=1S/CH4INPS/c1-3-4(2)5/h1H3,(H,3,5)/q+1. The summed E-state index contributed by atoms with van der Waals surface area (Å²) in [5.41, 5.74) is 0. The van der Waals surface area contributed by atoms with E-state index in [1.54, 1.807) is 0 Å². The van der Waals surface area contributed by atoms with Gasteiger partial charge in [0, 0.05) is 7.05 Å². The Hall–Kier alpha value is 1.21. The monoisotopic (exact) mass is 220 g/mol. The van der Waals surface area contributed by atoms with E-state index in [4.69, 9.17) is 11.8 Å². The summed E-state index contributed by atoms with van der Waals surface area (Å²) < 4.78 is -0.295. The average molecular weight is 220 g/mol. The van der Waals surface area contributed by atoms with Crippen molar-refractivity contribution in [2.45, 2.75) is 0 Å². The van der Waals surface area contributed by atoms with Crippen LogP contribution < -0.4 is 5.09 Å². The molecule has 0 aromatic carbocycles. The minimum absolute atomic E-state index is 0.295. The Balaban J connectivity index is 2.85. The first-order valence-corrected chi connectivity index (χ1v) is 6.22. The van der Waals surface area contributed by atoms with Crippen LogP contribution in [0.25, 0.3) is 0 Å². The highest BCUT2D eigenvalue weighted by atomic mass is 127. The smallest absolute Gasteiger partial charge is 0.129 e. The van der Waals surface area contributed by atoms with Gasteiger partial charge >= 0.3 is 4.49 Å². The van der Waals surface area contributed by atoms with Crippen molar-refractivity contribution in [3.63, 3.8) is 0 Å². The Kier molecular flexibility index (Phi) is 4.23. The molecule has 0 spiro atoms. The maximum Gasteiger partial charge on any atom is 0.332 e. The lowest BCUT2D eigenvalue weighted by atomic mass is 11.6.